The van der Waals surface area contributed by atoms with Crippen molar-refractivity contribution in [3.05, 3.63) is 46.5 Å². The van der Waals surface area contributed by atoms with E-state index in [1.54, 1.807) is 16.8 Å². The zero-order valence-corrected chi connectivity index (χ0v) is 13.5. The predicted molar refractivity (Wildman–Crippen MR) is 84.9 cm³/mol. The Hall–Kier alpha value is -1.08. The molecular formula is C14H18ClFN4S. The Bertz CT molecular complexity index is 617. The Kier molecular flexibility index (Phi) is 5.64. The zero-order chi connectivity index (χ0) is 15.4. The third-order valence-electron chi connectivity index (χ3n) is 3.21. The molecule has 1 heterocycles. The van der Waals surface area contributed by atoms with Gasteiger partial charge in [0, 0.05) is 30.2 Å². The molecule has 2 aromatic rings. The number of halogens is 2. The summed E-state index contributed by atoms with van der Waals surface area (Å²) in [6, 6.07) is 6.68. The number of rotatable bonds is 6. The minimum atomic E-state index is -0.215. The van der Waals surface area contributed by atoms with Crippen LogP contribution in [0.25, 0.3) is 0 Å². The van der Waals surface area contributed by atoms with Gasteiger partial charge in [-0.15, -0.1) is 11.8 Å². The molecule has 0 bridgehead atoms. The summed E-state index contributed by atoms with van der Waals surface area (Å²) in [6.45, 7) is 1.87. The van der Waals surface area contributed by atoms with Crippen LogP contribution in [0, 0.1) is 12.7 Å². The monoisotopic (exact) mass is 328 g/mol. The normalized spacial score (nSPS) is 12.6. The topological polar surface area (TPSA) is 55.9 Å². The maximum Gasteiger partial charge on any atom is 0.136 e. The van der Waals surface area contributed by atoms with Gasteiger partial charge in [-0.2, -0.15) is 5.10 Å². The van der Waals surface area contributed by atoms with Gasteiger partial charge in [-0.1, -0.05) is 23.7 Å². The summed E-state index contributed by atoms with van der Waals surface area (Å²) in [5, 5.41) is 4.94. The molecule has 0 spiro atoms. The second kappa shape index (κ2) is 7.26. The van der Waals surface area contributed by atoms with Crippen molar-refractivity contribution in [2.75, 3.05) is 5.75 Å². The molecule has 7 heteroatoms. The van der Waals surface area contributed by atoms with Crippen molar-refractivity contribution in [3.8, 4) is 0 Å². The first-order chi connectivity index (χ1) is 10.0. The summed E-state index contributed by atoms with van der Waals surface area (Å²) >= 11 is 7.67. The molecule has 0 aliphatic carbocycles. The highest BCUT2D eigenvalue weighted by atomic mass is 35.5. The van der Waals surface area contributed by atoms with Crippen LogP contribution in [-0.2, 0) is 13.5 Å². The lowest BCUT2D eigenvalue weighted by Crippen LogP contribution is -2.39. The number of hydrogen-bond acceptors (Lipinski definition) is 4. The molecule has 4 nitrogen and oxygen atoms in total. The number of nitrogens with two attached hydrogens (primary N) is 1. The van der Waals surface area contributed by atoms with E-state index in [0.717, 1.165) is 11.4 Å². The van der Waals surface area contributed by atoms with E-state index < -0.39 is 0 Å². The van der Waals surface area contributed by atoms with E-state index in [0.29, 0.717) is 22.1 Å². The maximum absolute atomic E-state index is 13.6. The Morgan fingerprint density at radius 1 is 1.48 bits per heavy atom. The van der Waals surface area contributed by atoms with Crippen LogP contribution in [0.4, 0.5) is 4.39 Å². The summed E-state index contributed by atoms with van der Waals surface area (Å²) in [7, 11) is 1.85. The molecule has 0 aliphatic heterocycles. The van der Waals surface area contributed by atoms with Crippen molar-refractivity contribution in [1.82, 2.24) is 15.2 Å². The van der Waals surface area contributed by atoms with Crippen molar-refractivity contribution in [2.45, 2.75) is 24.3 Å². The Balaban J connectivity index is 2.02. The van der Waals surface area contributed by atoms with Gasteiger partial charge in [-0.25, -0.2) is 4.39 Å². The second-order valence-electron chi connectivity index (χ2n) is 4.78. The van der Waals surface area contributed by atoms with Crippen molar-refractivity contribution in [3.63, 3.8) is 0 Å². The minimum absolute atomic E-state index is 0.0260. The van der Waals surface area contributed by atoms with Crippen molar-refractivity contribution < 1.29 is 4.39 Å². The second-order valence-corrected chi connectivity index (χ2v) is 6.22. The van der Waals surface area contributed by atoms with Crippen molar-refractivity contribution in [2.24, 2.45) is 12.9 Å². The van der Waals surface area contributed by atoms with Crippen molar-refractivity contribution in [1.29, 1.82) is 0 Å². The molecular weight excluding hydrogens is 311 g/mol. The third kappa shape index (κ3) is 3.97. The molecule has 1 unspecified atom stereocenters. The molecule has 1 atom stereocenters. The van der Waals surface area contributed by atoms with Gasteiger partial charge >= 0.3 is 0 Å². The maximum atomic E-state index is 13.6. The first-order valence-corrected chi connectivity index (χ1v) is 7.90. The molecule has 114 valence electrons. The van der Waals surface area contributed by atoms with E-state index in [1.807, 2.05) is 20.0 Å². The smallest absolute Gasteiger partial charge is 0.136 e. The van der Waals surface area contributed by atoms with Gasteiger partial charge in [-0.05, 0) is 19.1 Å². The Morgan fingerprint density at radius 2 is 2.19 bits per heavy atom. The molecule has 0 radical (unpaired) electrons. The van der Waals surface area contributed by atoms with E-state index >= 15 is 0 Å². The Morgan fingerprint density at radius 3 is 2.76 bits per heavy atom. The van der Waals surface area contributed by atoms with E-state index in [2.05, 4.69) is 10.5 Å². The number of aryl methyl sites for hydroxylation is 2. The van der Waals surface area contributed by atoms with Gasteiger partial charge in [0.1, 0.15) is 5.82 Å². The van der Waals surface area contributed by atoms with Gasteiger partial charge < -0.3 is 0 Å². The van der Waals surface area contributed by atoms with E-state index in [-0.39, 0.29) is 11.9 Å². The lowest BCUT2D eigenvalue weighted by atomic mass is 10.2. The SMILES string of the molecule is Cc1nn(C)c(CC(CSc2ccccc2F)NN)c1Cl. The van der Waals surface area contributed by atoms with E-state index in [4.69, 9.17) is 17.4 Å². The van der Waals surface area contributed by atoms with Gasteiger partial charge in [0.05, 0.1) is 16.4 Å². The fourth-order valence-corrected chi connectivity index (χ4v) is 3.27. The summed E-state index contributed by atoms with van der Waals surface area (Å²) in [4.78, 5) is 0.616. The standard InChI is InChI=1S/C14H18ClFN4S/c1-9-14(15)12(20(2)19-9)7-10(18-17)8-21-13-6-4-3-5-11(13)16/h3-6,10,18H,7-8,17H2,1-2H3. The molecule has 1 aromatic carbocycles. The predicted octanol–water partition coefficient (Wildman–Crippen LogP) is 2.69. The highest BCUT2D eigenvalue weighted by Gasteiger charge is 2.17. The van der Waals surface area contributed by atoms with Gasteiger partial charge in [0.25, 0.3) is 0 Å². The molecule has 1 aromatic heterocycles. The van der Waals surface area contributed by atoms with Crippen LogP contribution in [0.1, 0.15) is 11.4 Å². The summed E-state index contributed by atoms with van der Waals surface area (Å²) in [5.74, 6) is 6.02. The molecule has 2 rings (SSSR count). The first kappa shape index (κ1) is 16.3. The van der Waals surface area contributed by atoms with E-state index in [1.165, 1.54) is 17.8 Å². The molecule has 21 heavy (non-hydrogen) atoms. The van der Waals surface area contributed by atoms with Crippen LogP contribution in [0.15, 0.2) is 29.2 Å². The largest absolute Gasteiger partial charge is 0.271 e. The third-order valence-corrected chi connectivity index (χ3v) is 4.92. The van der Waals surface area contributed by atoms with Crippen LogP contribution in [0.5, 0.6) is 0 Å². The highest BCUT2D eigenvalue weighted by molar-refractivity contribution is 7.99. The average molecular weight is 329 g/mol. The van der Waals surface area contributed by atoms with E-state index in [9.17, 15) is 4.39 Å². The lowest BCUT2D eigenvalue weighted by molar-refractivity contribution is 0.550. The van der Waals surface area contributed by atoms with Gasteiger partial charge in [-0.3, -0.25) is 16.0 Å². The molecule has 0 fully saturated rings. The van der Waals surface area contributed by atoms with Crippen LogP contribution in [0.3, 0.4) is 0 Å². The molecule has 0 amide bonds. The number of thioether (sulfide) groups is 1. The molecule has 0 aliphatic rings. The molecule has 3 N–H and O–H groups in total. The number of hydrogen-bond donors (Lipinski definition) is 2. The number of nitrogens with zero attached hydrogens (tertiary/aromatic N) is 2. The number of aromatic nitrogens is 2. The first-order valence-electron chi connectivity index (χ1n) is 6.54. The highest BCUT2D eigenvalue weighted by Crippen LogP contribution is 2.25. The quantitative estimate of drug-likeness (QED) is 0.486. The van der Waals surface area contributed by atoms with Crippen LogP contribution in [-0.4, -0.2) is 21.6 Å². The summed E-state index contributed by atoms with van der Waals surface area (Å²) < 4.78 is 15.4. The average Bonchev–Trinajstić information content (AvgIpc) is 2.70. The van der Waals surface area contributed by atoms with Crippen molar-refractivity contribution >= 4 is 23.4 Å². The molecule has 0 saturated carbocycles. The number of nitrogens with one attached hydrogen (secondary N) is 1. The number of hydrazine groups is 1. The van der Waals surface area contributed by atoms with Gasteiger partial charge in [0.15, 0.2) is 0 Å². The Labute approximate surface area is 132 Å². The summed E-state index contributed by atoms with van der Waals surface area (Å²) in [5.41, 5.74) is 4.48. The molecule has 0 saturated heterocycles. The fraction of sp³-hybridized carbons (Fsp3) is 0.357. The van der Waals surface area contributed by atoms with Crippen LogP contribution < -0.4 is 11.3 Å². The number of benzene rings is 1. The van der Waals surface area contributed by atoms with Gasteiger partial charge in [0.2, 0.25) is 0 Å². The zero-order valence-electron chi connectivity index (χ0n) is 11.9. The van der Waals surface area contributed by atoms with Crippen LogP contribution >= 0.6 is 23.4 Å². The van der Waals surface area contributed by atoms with Crippen LogP contribution in [0.2, 0.25) is 5.02 Å². The fourth-order valence-electron chi connectivity index (χ4n) is 2.05. The lowest BCUT2D eigenvalue weighted by Gasteiger charge is -2.16. The summed E-state index contributed by atoms with van der Waals surface area (Å²) in [6.07, 6.45) is 0.633. The minimum Gasteiger partial charge on any atom is -0.271 e.